The van der Waals surface area contributed by atoms with Crippen LogP contribution >= 0.6 is 0 Å². The van der Waals surface area contributed by atoms with E-state index in [1.54, 1.807) is 22.8 Å². The molecule has 1 aliphatic heterocycles. The number of piperazine rings is 1. The van der Waals surface area contributed by atoms with E-state index in [4.69, 9.17) is 0 Å². The zero-order chi connectivity index (χ0) is 19.5. The molecule has 1 aromatic heterocycles. The smallest absolute Gasteiger partial charge is 0.246 e. The topological polar surface area (TPSA) is 65.8 Å². The van der Waals surface area contributed by atoms with Crippen LogP contribution in [0.3, 0.4) is 0 Å². The van der Waals surface area contributed by atoms with Crippen LogP contribution in [0.2, 0.25) is 0 Å². The van der Waals surface area contributed by atoms with Gasteiger partial charge in [-0.2, -0.15) is 5.10 Å². The minimum Gasteiger partial charge on any atom is -0.352 e. The fourth-order valence-electron chi connectivity index (χ4n) is 3.54. The molecular weight excluding hydrogens is 352 g/mol. The Labute approximate surface area is 164 Å². The number of benzene rings is 2. The highest BCUT2D eigenvalue weighted by molar-refractivity contribution is 5.98. The maximum atomic E-state index is 12.6. The van der Waals surface area contributed by atoms with Crippen LogP contribution in [0.4, 0.5) is 5.69 Å². The zero-order valence-corrected chi connectivity index (χ0v) is 16.2. The van der Waals surface area contributed by atoms with Crippen molar-refractivity contribution in [1.82, 2.24) is 20.0 Å². The van der Waals surface area contributed by atoms with Crippen LogP contribution in [0, 0.1) is 0 Å². The van der Waals surface area contributed by atoms with Gasteiger partial charge in [0.15, 0.2) is 5.96 Å². The highest BCUT2D eigenvalue weighted by Crippen LogP contribution is 2.17. The predicted molar refractivity (Wildman–Crippen MR) is 111 cm³/mol. The van der Waals surface area contributed by atoms with Crippen LogP contribution in [-0.4, -0.2) is 53.2 Å². The lowest BCUT2D eigenvalue weighted by atomic mass is 10.1. The molecule has 0 unspecified atom stereocenters. The zero-order valence-electron chi connectivity index (χ0n) is 16.2. The van der Waals surface area contributed by atoms with Crippen molar-refractivity contribution in [3.8, 4) is 0 Å². The number of aliphatic imine (C=N–C) groups is 1. The number of aromatic nitrogens is 2. The molecule has 0 radical (unpaired) electrons. The van der Waals surface area contributed by atoms with Gasteiger partial charge in [0.2, 0.25) is 5.91 Å². The molecule has 1 N–H and O–H groups in total. The maximum absolute atomic E-state index is 12.6. The van der Waals surface area contributed by atoms with E-state index in [0.717, 1.165) is 18.2 Å². The second kappa shape index (κ2) is 7.72. The first kappa shape index (κ1) is 18.0. The van der Waals surface area contributed by atoms with Crippen molar-refractivity contribution in [3.05, 3.63) is 60.4 Å². The summed E-state index contributed by atoms with van der Waals surface area (Å²) in [6.45, 7) is 2.29. The fourth-order valence-corrected chi connectivity index (χ4v) is 3.54. The average Bonchev–Trinajstić information content (AvgIpc) is 3.14. The van der Waals surface area contributed by atoms with E-state index in [2.05, 4.69) is 45.7 Å². The molecule has 28 heavy (non-hydrogen) atoms. The summed E-state index contributed by atoms with van der Waals surface area (Å²) in [5.41, 5.74) is 2.02. The van der Waals surface area contributed by atoms with Crippen LogP contribution in [-0.2, 0) is 18.4 Å². The standard InChI is InChI=1S/C21H24N6O/c1-22-21(23-12-16-7-8-17-5-3-4-6-18(17)11-16)26-9-10-27(20(28)15-26)19-13-24-25(2)14-19/h3-8,11,13-14H,9-10,12,15H2,1-2H3,(H,22,23). The number of hydrogen-bond acceptors (Lipinski definition) is 3. The lowest BCUT2D eigenvalue weighted by Gasteiger charge is -2.35. The summed E-state index contributed by atoms with van der Waals surface area (Å²) in [6, 6.07) is 14.7. The summed E-state index contributed by atoms with van der Waals surface area (Å²) in [4.78, 5) is 20.8. The Morgan fingerprint density at radius 1 is 1.18 bits per heavy atom. The van der Waals surface area contributed by atoms with Gasteiger partial charge < -0.3 is 15.1 Å². The molecule has 0 spiro atoms. The highest BCUT2D eigenvalue weighted by Gasteiger charge is 2.27. The Morgan fingerprint density at radius 3 is 2.71 bits per heavy atom. The molecule has 1 fully saturated rings. The molecular formula is C21H24N6O. The van der Waals surface area contributed by atoms with Crippen molar-refractivity contribution in [2.45, 2.75) is 6.54 Å². The van der Waals surface area contributed by atoms with Crippen LogP contribution in [0.1, 0.15) is 5.56 Å². The van der Waals surface area contributed by atoms with Crippen LogP contribution < -0.4 is 10.2 Å². The van der Waals surface area contributed by atoms with E-state index in [0.29, 0.717) is 19.6 Å². The summed E-state index contributed by atoms with van der Waals surface area (Å²) in [6.07, 6.45) is 3.58. The Morgan fingerprint density at radius 2 is 2.00 bits per heavy atom. The van der Waals surface area contributed by atoms with E-state index in [-0.39, 0.29) is 5.91 Å². The van der Waals surface area contributed by atoms with Crippen molar-refractivity contribution >= 4 is 28.3 Å². The van der Waals surface area contributed by atoms with Gasteiger partial charge in [-0.3, -0.25) is 14.5 Å². The van der Waals surface area contributed by atoms with Crippen molar-refractivity contribution in [1.29, 1.82) is 0 Å². The molecule has 3 aromatic rings. The molecule has 0 atom stereocenters. The largest absolute Gasteiger partial charge is 0.352 e. The molecule has 2 aromatic carbocycles. The van der Waals surface area contributed by atoms with E-state index in [9.17, 15) is 4.79 Å². The number of carbonyl (C=O) groups excluding carboxylic acids is 1. The number of guanidine groups is 1. The van der Waals surface area contributed by atoms with E-state index in [1.807, 2.05) is 30.3 Å². The molecule has 2 heterocycles. The minimum atomic E-state index is 0.0490. The molecule has 0 saturated carbocycles. The third-order valence-corrected chi connectivity index (χ3v) is 5.00. The van der Waals surface area contributed by atoms with Gasteiger partial charge >= 0.3 is 0 Å². The van der Waals surface area contributed by atoms with Gasteiger partial charge in [-0.15, -0.1) is 0 Å². The first-order valence-corrected chi connectivity index (χ1v) is 9.36. The second-order valence-corrected chi connectivity index (χ2v) is 6.92. The van der Waals surface area contributed by atoms with Gasteiger partial charge in [0.05, 0.1) is 11.9 Å². The molecule has 144 valence electrons. The number of nitrogens with one attached hydrogen (secondary N) is 1. The normalized spacial score (nSPS) is 15.4. The monoisotopic (exact) mass is 376 g/mol. The van der Waals surface area contributed by atoms with Crippen molar-refractivity contribution in [2.75, 3.05) is 31.6 Å². The lowest BCUT2D eigenvalue weighted by Crippen LogP contribution is -2.55. The third kappa shape index (κ3) is 3.69. The Bertz CT molecular complexity index is 1020. The molecule has 4 rings (SSSR count). The quantitative estimate of drug-likeness (QED) is 0.561. The minimum absolute atomic E-state index is 0.0490. The molecule has 1 saturated heterocycles. The van der Waals surface area contributed by atoms with Crippen molar-refractivity contribution in [2.24, 2.45) is 12.0 Å². The van der Waals surface area contributed by atoms with E-state index in [1.165, 1.54) is 16.3 Å². The van der Waals surface area contributed by atoms with Crippen LogP contribution in [0.5, 0.6) is 0 Å². The van der Waals surface area contributed by atoms with Crippen LogP contribution in [0.15, 0.2) is 59.9 Å². The lowest BCUT2D eigenvalue weighted by molar-refractivity contribution is -0.120. The summed E-state index contributed by atoms with van der Waals surface area (Å²) >= 11 is 0. The number of aryl methyl sites for hydroxylation is 1. The Balaban J connectivity index is 1.39. The third-order valence-electron chi connectivity index (χ3n) is 5.00. The van der Waals surface area contributed by atoms with Gasteiger partial charge in [0.1, 0.15) is 6.54 Å². The summed E-state index contributed by atoms with van der Waals surface area (Å²) in [7, 11) is 3.60. The van der Waals surface area contributed by atoms with E-state index < -0.39 is 0 Å². The first-order valence-electron chi connectivity index (χ1n) is 9.36. The van der Waals surface area contributed by atoms with E-state index >= 15 is 0 Å². The Kier molecular flexibility index (Phi) is 4.97. The van der Waals surface area contributed by atoms with Crippen LogP contribution in [0.25, 0.3) is 10.8 Å². The maximum Gasteiger partial charge on any atom is 0.246 e. The summed E-state index contributed by atoms with van der Waals surface area (Å²) in [5, 5.41) is 9.99. The molecule has 1 amide bonds. The van der Waals surface area contributed by atoms with Gasteiger partial charge in [0.25, 0.3) is 0 Å². The number of amides is 1. The number of anilines is 1. The number of hydrogen-bond donors (Lipinski definition) is 1. The second-order valence-electron chi connectivity index (χ2n) is 6.92. The van der Waals surface area contributed by atoms with Gasteiger partial charge in [0, 0.05) is 39.9 Å². The molecule has 7 nitrogen and oxygen atoms in total. The molecule has 0 bridgehead atoms. The van der Waals surface area contributed by atoms with Gasteiger partial charge in [-0.25, -0.2) is 0 Å². The molecule has 1 aliphatic rings. The number of rotatable bonds is 3. The molecule has 7 heteroatoms. The Hall–Kier alpha value is -3.35. The number of fused-ring (bicyclic) bond motifs is 1. The van der Waals surface area contributed by atoms with Crippen molar-refractivity contribution in [3.63, 3.8) is 0 Å². The molecule has 0 aliphatic carbocycles. The van der Waals surface area contributed by atoms with Gasteiger partial charge in [-0.05, 0) is 22.4 Å². The fraction of sp³-hybridized carbons (Fsp3) is 0.286. The summed E-state index contributed by atoms with van der Waals surface area (Å²) in [5.74, 6) is 0.792. The number of carbonyl (C=O) groups is 1. The van der Waals surface area contributed by atoms with Gasteiger partial charge in [-0.1, -0.05) is 36.4 Å². The predicted octanol–water partition coefficient (Wildman–Crippen LogP) is 2.00. The summed E-state index contributed by atoms with van der Waals surface area (Å²) < 4.78 is 1.71. The first-order chi connectivity index (χ1) is 13.6. The highest BCUT2D eigenvalue weighted by atomic mass is 16.2. The average molecular weight is 376 g/mol. The van der Waals surface area contributed by atoms with Crippen molar-refractivity contribution < 1.29 is 4.79 Å². The number of nitrogens with zero attached hydrogens (tertiary/aromatic N) is 5. The SMILES string of the molecule is CN=C(NCc1ccc2ccccc2c1)N1CCN(c2cnn(C)c2)C(=O)C1.